The molecule has 0 aliphatic heterocycles. The van der Waals surface area contributed by atoms with Gasteiger partial charge in [0.15, 0.2) is 6.61 Å². The molecule has 0 saturated carbocycles. The van der Waals surface area contributed by atoms with Gasteiger partial charge in [0.25, 0.3) is 11.6 Å². The van der Waals surface area contributed by atoms with E-state index in [2.05, 4.69) is 16.7 Å². The summed E-state index contributed by atoms with van der Waals surface area (Å²) < 4.78 is 5.06. The molecule has 0 spiro atoms. The Hall–Kier alpha value is -3.49. The predicted octanol–water partition coefficient (Wildman–Crippen LogP) is 3.00. The number of hydrogen-bond acceptors (Lipinski definition) is 9. The topological polar surface area (TPSA) is 155 Å². The van der Waals surface area contributed by atoms with Crippen molar-refractivity contribution >= 4 is 39.6 Å². The molecule has 2 aromatic rings. The first-order chi connectivity index (χ1) is 15.4. The van der Waals surface area contributed by atoms with Gasteiger partial charge in [-0.2, -0.15) is 5.26 Å². The molecule has 0 fully saturated rings. The number of amides is 1. The van der Waals surface area contributed by atoms with Crippen LogP contribution in [0.2, 0.25) is 0 Å². The number of thiophene rings is 1. The van der Waals surface area contributed by atoms with Gasteiger partial charge in [0.05, 0.1) is 22.7 Å². The van der Waals surface area contributed by atoms with Crippen LogP contribution in [0.4, 0.5) is 16.4 Å². The summed E-state index contributed by atoms with van der Waals surface area (Å²) in [5.41, 5.74) is 1.25. The third-order valence-corrected chi connectivity index (χ3v) is 6.19. The zero-order valence-electron chi connectivity index (χ0n) is 17.2. The number of carbonyl (C=O) groups excluding carboxylic acids is 2. The summed E-state index contributed by atoms with van der Waals surface area (Å²) in [6.07, 6.45) is 4.82. The van der Waals surface area contributed by atoms with Gasteiger partial charge >= 0.3 is 5.97 Å². The van der Waals surface area contributed by atoms with Crippen molar-refractivity contribution in [2.75, 3.05) is 30.4 Å². The molecule has 168 valence electrons. The number of nitro groups is 1. The number of nitrogens with zero attached hydrogens (tertiary/aromatic N) is 2. The van der Waals surface area contributed by atoms with Crippen LogP contribution in [0.1, 0.15) is 45.6 Å². The van der Waals surface area contributed by atoms with Gasteiger partial charge in [-0.15, -0.1) is 11.3 Å². The van der Waals surface area contributed by atoms with Crippen molar-refractivity contribution < 1.29 is 24.4 Å². The van der Waals surface area contributed by atoms with Crippen LogP contribution in [-0.2, 0) is 22.4 Å². The van der Waals surface area contributed by atoms with Gasteiger partial charge in [-0.05, 0) is 37.3 Å². The minimum Gasteiger partial charge on any atom is -0.452 e. The number of benzene rings is 1. The van der Waals surface area contributed by atoms with E-state index in [1.54, 1.807) is 0 Å². The molecule has 1 aliphatic rings. The van der Waals surface area contributed by atoms with E-state index < -0.39 is 23.4 Å². The maximum Gasteiger partial charge on any atom is 0.341 e. The smallest absolute Gasteiger partial charge is 0.341 e. The molecule has 3 rings (SSSR count). The van der Waals surface area contributed by atoms with Crippen molar-refractivity contribution in [1.29, 1.82) is 5.26 Å². The lowest BCUT2D eigenvalue weighted by Gasteiger charge is -2.11. The van der Waals surface area contributed by atoms with E-state index in [9.17, 15) is 25.0 Å². The Kier molecular flexibility index (Phi) is 7.75. The van der Waals surface area contributed by atoms with Gasteiger partial charge in [-0.1, -0.05) is 6.42 Å². The molecule has 1 aromatic heterocycles. The average molecular weight is 458 g/mol. The standard InChI is InChI=1S/C21H22N4O6S/c22-11-16-14-4-2-1-3-5-18(14)32-20(16)24-19(27)12-31-21(28)15-10-13(25(29)30)6-7-17(15)23-8-9-26/h6-7,10,23,26H,1-5,8-9,12H2,(H,24,27). The second-order valence-electron chi connectivity index (χ2n) is 7.14. The Morgan fingerprint density at radius 3 is 2.78 bits per heavy atom. The van der Waals surface area contributed by atoms with E-state index in [-0.39, 0.29) is 30.1 Å². The SMILES string of the molecule is N#Cc1c(NC(=O)COC(=O)c2cc([N+](=O)[O-])ccc2NCCO)sc2c1CCCCC2. The number of aliphatic hydroxyl groups is 1. The maximum atomic E-state index is 12.5. The minimum absolute atomic E-state index is 0.124. The van der Waals surface area contributed by atoms with Gasteiger partial charge in [-0.25, -0.2) is 4.79 Å². The van der Waals surface area contributed by atoms with E-state index in [4.69, 9.17) is 9.84 Å². The first-order valence-electron chi connectivity index (χ1n) is 10.1. The highest BCUT2D eigenvalue weighted by molar-refractivity contribution is 7.16. The van der Waals surface area contributed by atoms with Gasteiger partial charge in [0, 0.05) is 29.2 Å². The number of fused-ring (bicyclic) bond motifs is 1. The van der Waals surface area contributed by atoms with Gasteiger partial charge in [0.1, 0.15) is 11.1 Å². The van der Waals surface area contributed by atoms with Crippen molar-refractivity contribution in [3.05, 3.63) is 49.9 Å². The highest BCUT2D eigenvalue weighted by atomic mass is 32.1. The first kappa shape index (κ1) is 23.2. The van der Waals surface area contributed by atoms with Crippen molar-refractivity contribution in [3.8, 4) is 6.07 Å². The van der Waals surface area contributed by atoms with E-state index >= 15 is 0 Å². The van der Waals surface area contributed by atoms with Crippen molar-refractivity contribution in [2.45, 2.75) is 32.1 Å². The molecule has 1 aliphatic carbocycles. The van der Waals surface area contributed by atoms with Crippen LogP contribution in [0.5, 0.6) is 0 Å². The third-order valence-electron chi connectivity index (χ3n) is 4.98. The highest BCUT2D eigenvalue weighted by Crippen LogP contribution is 2.37. The normalized spacial score (nSPS) is 12.8. The van der Waals surface area contributed by atoms with Crippen molar-refractivity contribution in [1.82, 2.24) is 0 Å². The Labute approximate surface area is 188 Å². The third kappa shape index (κ3) is 5.40. The molecule has 0 atom stereocenters. The number of nitriles is 1. The Balaban J connectivity index is 1.69. The lowest BCUT2D eigenvalue weighted by molar-refractivity contribution is -0.384. The molecular weight excluding hydrogens is 436 g/mol. The van der Waals surface area contributed by atoms with E-state index in [0.29, 0.717) is 10.6 Å². The summed E-state index contributed by atoms with van der Waals surface area (Å²) in [6, 6.07) is 5.76. The van der Waals surface area contributed by atoms with Crippen LogP contribution < -0.4 is 10.6 Å². The van der Waals surface area contributed by atoms with Crippen LogP contribution in [0.3, 0.4) is 0 Å². The number of hydrogen-bond donors (Lipinski definition) is 3. The largest absolute Gasteiger partial charge is 0.452 e. The van der Waals surface area contributed by atoms with Crippen LogP contribution in [0.15, 0.2) is 18.2 Å². The molecule has 32 heavy (non-hydrogen) atoms. The molecule has 10 nitrogen and oxygen atoms in total. The number of aliphatic hydroxyl groups excluding tert-OH is 1. The van der Waals surface area contributed by atoms with Gasteiger partial charge < -0.3 is 20.5 Å². The number of aryl methyl sites for hydroxylation is 1. The van der Waals surface area contributed by atoms with Crippen molar-refractivity contribution in [2.24, 2.45) is 0 Å². The van der Waals surface area contributed by atoms with Crippen molar-refractivity contribution in [3.63, 3.8) is 0 Å². The van der Waals surface area contributed by atoms with Crippen LogP contribution in [0.25, 0.3) is 0 Å². The van der Waals surface area contributed by atoms with Gasteiger partial charge in [-0.3, -0.25) is 14.9 Å². The van der Waals surface area contributed by atoms with Crippen LogP contribution >= 0.6 is 11.3 Å². The highest BCUT2D eigenvalue weighted by Gasteiger charge is 2.22. The van der Waals surface area contributed by atoms with E-state index in [1.165, 1.54) is 23.5 Å². The average Bonchev–Trinajstić information content (AvgIpc) is 2.94. The number of nitrogens with one attached hydrogen (secondary N) is 2. The number of nitro benzene ring substituents is 1. The summed E-state index contributed by atoms with van der Waals surface area (Å²) in [7, 11) is 0. The second kappa shape index (κ2) is 10.7. The minimum atomic E-state index is -0.924. The summed E-state index contributed by atoms with van der Waals surface area (Å²) in [5, 5.41) is 35.4. The molecule has 1 aromatic carbocycles. The number of esters is 1. The zero-order valence-corrected chi connectivity index (χ0v) is 18.0. The molecule has 1 heterocycles. The van der Waals surface area contributed by atoms with Crippen LogP contribution in [-0.4, -0.2) is 41.7 Å². The summed E-state index contributed by atoms with van der Waals surface area (Å²) in [6.45, 7) is -0.702. The summed E-state index contributed by atoms with van der Waals surface area (Å²) >= 11 is 1.37. The number of anilines is 2. The maximum absolute atomic E-state index is 12.5. The molecule has 11 heteroatoms. The van der Waals surface area contributed by atoms with Gasteiger partial charge in [0.2, 0.25) is 0 Å². The second-order valence-corrected chi connectivity index (χ2v) is 8.25. The lowest BCUT2D eigenvalue weighted by Crippen LogP contribution is -2.21. The molecule has 0 radical (unpaired) electrons. The Morgan fingerprint density at radius 1 is 1.28 bits per heavy atom. The monoisotopic (exact) mass is 458 g/mol. The fraction of sp³-hybridized carbons (Fsp3) is 0.381. The molecule has 1 amide bonds. The number of rotatable bonds is 8. The number of ether oxygens (including phenoxy) is 1. The van der Waals surface area contributed by atoms with Crippen LogP contribution in [0, 0.1) is 21.4 Å². The predicted molar refractivity (Wildman–Crippen MR) is 118 cm³/mol. The number of non-ortho nitro benzene ring substituents is 1. The molecule has 0 unspecified atom stereocenters. The fourth-order valence-corrected chi connectivity index (χ4v) is 4.74. The molecular formula is C21H22N4O6S. The molecule has 3 N–H and O–H groups in total. The Morgan fingerprint density at radius 2 is 2.06 bits per heavy atom. The zero-order chi connectivity index (χ0) is 23.1. The first-order valence-corrected chi connectivity index (χ1v) is 10.9. The van der Waals surface area contributed by atoms with E-state index in [0.717, 1.165) is 48.6 Å². The Bertz CT molecular complexity index is 1070. The quantitative estimate of drug-likeness (QED) is 0.236. The number of carbonyl (C=O) groups is 2. The van der Waals surface area contributed by atoms with E-state index in [1.807, 2.05) is 0 Å². The lowest BCUT2D eigenvalue weighted by atomic mass is 10.1. The summed E-state index contributed by atoms with van der Waals surface area (Å²) in [5.74, 6) is -1.53. The molecule has 0 saturated heterocycles. The molecule has 0 bridgehead atoms. The summed E-state index contributed by atoms with van der Waals surface area (Å²) in [4.78, 5) is 36.4. The fourth-order valence-electron chi connectivity index (χ4n) is 3.48.